The van der Waals surface area contributed by atoms with Gasteiger partial charge in [-0.3, -0.25) is 0 Å². The third-order valence-corrected chi connectivity index (χ3v) is 2.44. The quantitative estimate of drug-likeness (QED) is 0.648. The number of thiophene rings is 1. The second kappa shape index (κ2) is 3.64. The standard InChI is InChI=1S/C8H10O2S/c1-6-7(3-4-11-6)8(5-9)10-2/h3-5,8H,1-2H3. The number of carbonyl (C=O) groups is 1. The van der Waals surface area contributed by atoms with E-state index >= 15 is 0 Å². The van der Waals surface area contributed by atoms with E-state index in [9.17, 15) is 4.79 Å². The summed E-state index contributed by atoms with van der Waals surface area (Å²) in [5.41, 5.74) is 0.979. The first-order valence-corrected chi connectivity index (χ1v) is 4.19. The Labute approximate surface area is 69.8 Å². The molecule has 1 aromatic rings. The molecule has 0 radical (unpaired) electrons. The largest absolute Gasteiger partial charge is 0.369 e. The summed E-state index contributed by atoms with van der Waals surface area (Å²) in [7, 11) is 1.54. The van der Waals surface area contributed by atoms with Gasteiger partial charge in [-0.25, -0.2) is 0 Å². The van der Waals surface area contributed by atoms with Gasteiger partial charge in [0.2, 0.25) is 0 Å². The summed E-state index contributed by atoms with van der Waals surface area (Å²) < 4.78 is 4.96. The highest BCUT2D eigenvalue weighted by Crippen LogP contribution is 2.22. The fourth-order valence-corrected chi connectivity index (χ4v) is 1.68. The van der Waals surface area contributed by atoms with Crippen LogP contribution in [0.5, 0.6) is 0 Å². The van der Waals surface area contributed by atoms with Crippen molar-refractivity contribution in [3.05, 3.63) is 21.9 Å². The highest BCUT2D eigenvalue weighted by Gasteiger charge is 2.11. The van der Waals surface area contributed by atoms with Gasteiger partial charge in [-0.2, -0.15) is 0 Å². The van der Waals surface area contributed by atoms with Gasteiger partial charge in [0, 0.05) is 17.6 Å². The van der Waals surface area contributed by atoms with Crippen molar-refractivity contribution in [1.82, 2.24) is 0 Å². The molecule has 1 atom stereocenters. The second-order valence-corrected chi connectivity index (χ2v) is 3.34. The molecular weight excluding hydrogens is 160 g/mol. The van der Waals surface area contributed by atoms with Crippen molar-refractivity contribution in [3.8, 4) is 0 Å². The first kappa shape index (κ1) is 8.43. The molecule has 0 saturated carbocycles. The maximum absolute atomic E-state index is 10.5. The highest BCUT2D eigenvalue weighted by molar-refractivity contribution is 7.10. The summed E-state index contributed by atoms with van der Waals surface area (Å²) in [5.74, 6) is 0. The smallest absolute Gasteiger partial charge is 0.153 e. The minimum atomic E-state index is -0.388. The van der Waals surface area contributed by atoms with Crippen LogP contribution in [-0.4, -0.2) is 13.4 Å². The highest BCUT2D eigenvalue weighted by atomic mass is 32.1. The van der Waals surface area contributed by atoms with Crippen LogP contribution in [0.3, 0.4) is 0 Å². The Hall–Kier alpha value is -0.670. The van der Waals surface area contributed by atoms with Crippen molar-refractivity contribution in [2.45, 2.75) is 13.0 Å². The molecule has 1 rings (SSSR count). The van der Waals surface area contributed by atoms with Crippen LogP contribution >= 0.6 is 11.3 Å². The van der Waals surface area contributed by atoms with Gasteiger partial charge in [0.15, 0.2) is 6.29 Å². The van der Waals surface area contributed by atoms with Gasteiger partial charge < -0.3 is 9.53 Å². The number of hydrogen-bond donors (Lipinski definition) is 0. The molecule has 1 aromatic heterocycles. The minimum Gasteiger partial charge on any atom is -0.369 e. The fourth-order valence-electron chi connectivity index (χ4n) is 0.946. The van der Waals surface area contributed by atoms with E-state index in [1.165, 1.54) is 7.11 Å². The van der Waals surface area contributed by atoms with E-state index in [2.05, 4.69) is 0 Å². The first-order chi connectivity index (χ1) is 5.29. The summed E-state index contributed by atoms with van der Waals surface area (Å²) >= 11 is 1.62. The monoisotopic (exact) mass is 170 g/mol. The molecule has 0 N–H and O–H groups in total. The van der Waals surface area contributed by atoms with Gasteiger partial charge in [0.25, 0.3) is 0 Å². The van der Waals surface area contributed by atoms with E-state index in [1.54, 1.807) is 11.3 Å². The maximum Gasteiger partial charge on any atom is 0.153 e. The first-order valence-electron chi connectivity index (χ1n) is 3.31. The molecule has 11 heavy (non-hydrogen) atoms. The van der Waals surface area contributed by atoms with Crippen LogP contribution in [0.2, 0.25) is 0 Å². The molecule has 2 nitrogen and oxygen atoms in total. The van der Waals surface area contributed by atoms with Crippen LogP contribution < -0.4 is 0 Å². The molecule has 3 heteroatoms. The van der Waals surface area contributed by atoms with Crippen molar-refractivity contribution < 1.29 is 9.53 Å². The summed E-state index contributed by atoms with van der Waals surface area (Å²) in [6, 6.07) is 1.92. The zero-order chi connectivity index (χ0) is 8.27. The lowest BCUT2D eigenvalue weighted by molar-refractivity contribution is -0.116. The van der Waals surface area contributed by atoms with E-state index in [1.807, 2.05) is 18.4 Å². The molecule has 0 fully saturated rings. The normalized spacial score (nSPS) is 12.9. The summed E-state index contributed by atoms with van der Waals surface area (Å²) in [4.78, 5) is 11.6. The zero-order valence-corrected chi connectivity index (χ0v) is 7.35. The molecule has 0 aromatic carbocycles. The van der Waals surface area contributed by atoms with Crippen LogP contribution in [0.25, 0.3) is 0 Å². The second-order valence-electron chi connectivity index (χ2n) is 2.22. The van der Waals surface area contributed by atoms with Gasteiger partial charge in [-0.1, -0.05) is 0 Å². The number of aryl methyl sites for hydroxylation is 1. The molecule has 0 aliphatic rings. The average Bonchev–Trinajstić information content (AvgIpc) is 2.40. The molecule has 0 bridgehead atoms. The number of methoxy groups -OCH3 is 1. The van der Waals surface area contributed by atoms with Crippen molar-refractivity contribution in [3.63, 3.8) is 0 Å². The molecule has 0 spiro atoms. The number of rotatable bonds is 3. The molecule has 0 saturated heterocycles. The molecular formula is C8H10O2S. The van der Waals surface area contributed by atoms with Gasteiger partial charge >= 0.3 is 0 Å². The lowest BCUT2D eigenvalue weighted by Crippen LogP contribution is -2.01. The van der Waals surface area contributed by atoms with Crippen LogP contribution in [0.4, 0.5) is 0 Å². The van der Waals surface area contributed by atoms with Gasteiger partial charge in [-0.15, -0.1) is 11.3 Å². The number of ether oxygens (including phenoxy) is 1. The molecule has 0 amide bonds. The molecule has 1 heterocycles. The molecule has 0 aliphatic carbocycles. The number of hydrogen-bond acceptors (Lipinski definition) is 3. The topological polar surface area (TPSA) is 26.3 Å². The fraction of sp³-hybridized carbons (Fsp3) is 0.375. The van der Waals surface area contributed by atoms with E-state index in [0.29, 0.717) is 0 Å². The Kier molecular flexibility index (Phi) is 2.79. The van der Waals surface area contributed by atoms with Crippen molar-refractivity contribution in [2.75, 3.05) is 7.11 Å². The maximum atomic E-state index is 10.5. The van der Waals surface area contributed by atoms with Gasteiger partial charge in [0.05, 0.1) is 0 Å². The van der Waals surface area contributed by atoms with Gasteiger partial charge in [0.1, 0.15) is 6.10 Å². The number of aldehydes is 1. The Morgan fingerprint density at radius 2 is 2.45 bits per heavy atom. The summed E-state index contributed by atoms with van der Waals surface area (Å²) in [5, 5.41) is 1.96. The van der Waals surface area contributed by atoms with Crippen molar-refractivity contribution >= 4 is 17.6 Å². The van der Waals surface area contributed by atoms with Crippen LogP contribution in [-0.2, 0) is 9.53 Å². The summed E-state index contributed by atoms with van der Waals surface area (Å²) in [6.45, 7) is 1.98. The minimum absolute atomic E-state index is 0.388. The Morgan fingerprint density at radius 3 is 2.82 bits per heavy atom. The predicted molar refractivity (Wildman–Crippen MR) is 44.9 cm³/mol. The SMILES string of the molecule is COC(C=O)c1ccsc1C. The summed E-state index contributed by atoms with van der Waals surface area (Å²) in [6.07, 6.45) is 0.427. The molecule has 1 unspecified atom stereocenters. The zero-order valence-electron chi connectivity index (χ0n) is 6.53. The van der Waals surface area contributed by atoms with Crippen LogP contribution in [0.15, 0.2) is 11.4 Å². The third-order valence-electron chi connectivity index (χ3n) is 1.58. The lowest BCUT2D eigenvalue weighted by atomic mass is 10.2. The van der Waals surface area contributed by atoms with E-state index in [0.717, 1.165) is 16.7 Å². The number of carbonyl (C=O) groups excluding carboxylic acids is 1. The molecule has 0 aliphatic heterocycles. The van der Waals surface area contributed by atoms with Crippen molar-refractivity contribution in [2.24, 2.45) is 0 Å². The Bertz CT molecular complexity index is 242. The lowest BCUT2D eigenvalue weighted by Gasteiger charge is -2.06. The predicted octanol–water partition coefficient (Wildman–Crippen LogP) is 1.94. The van der Waals surface area contributed by atoms with E-state index in [4.69, 9.17) is 4.74 Å². The average molecular weight is 170 g/mol. The Balaban J connectivity index is 2.89. The molecule has 60 valence electrons. The Morgan fingerprint density at radius 1 is 1.73 bits per heavy atom. The van der Waals surface area contributed by atoms with E-state index < -0.39 is 0 Å². The van der Waals surface area contributed by atoms with Crippen LogP contribution in [0.1, 0.15) is 16.5 Å². The van der Waals surface area contributed by atoms with Gasteiger partial charge in [-0.05, 0) is 18.4 Å². The van der Waals surface area contributed by atoms with Crippen LogP contribution in [0, 0.1) is 6.92 Å². The van der Waals surface area contributed by atoms with E-state index in [-0.39, 0.29) is 6.10 Å². The van der Waals surface area contributed by atoms with Crippen molar-refractivity contribution in [1.29, 1.82) is 0 Å². The third kappa shape index (κ3) is 1.67.